The minimum absolute atomic E-state index is 0.0925. The molecule has 1 unspecified atom stereocenters. The first-order chi connectivity index (χ1) is 12.5. The van der Waals surface area contributed by atoms with Gasteiger partial charge in [-0.15, -0.1) is 0 Å². The monoisotopic (exact) mass is 389 g/mol. The highest BCUT2D eigenvalue weighted by atomic mass is 35.5. The second-order valence-corrected chi connectivity index (χ2v) is 8.14. The van der Waals surface area contributed by atoms with E-state index in [4.69, 9.17) is 16.6 Å². The molecule has 6 nitrogen and oxygen atoms in total. The van der Waals surface area contributed by atoms with Crippen molar-refractivity contribution in [3.8, 4) is 0 Å². The number of hydrogen-bond donors (Lipinski definition) is 1. The van der Waals surface area contributed by atoms with Crippen LogP contribution in [0.5, 0.6) is 0 Å². The smallest absolute Gasteiger partial charge is 0.272 e. The summed E-state index contributed by atoms with van der Waals surface area (Å²) in [5.74, 6) is -0.121. The molecular formula is C18H20ClN5OS. The Bertz CT molecular complexity index is 966. The van der Waals surface area contributed by atoms with E-state index in [0.717, 1.165) is 51.9 Å². The fourth-order valence-electron chi connectivity index (χ4n) is 3.34. The molecule has 1 N–H and O–H groups in total. The summed E-state index contributed by atoms with van der Waals surface area (Å²) in [4.78, 5) is 19.4. The molecule has 26 heavy (non-hydrogen) atoms. The van der Waals surface area contributed by atoms with E-state index >= 15 is 0 Å². The van der Waals surface area contributed by atoms with Crippen LogP contribution in [0.4, 0.5) is 5.13 Å². The molecule has 1 fully saturated rings. The first-order valence-corrected chi connectivity index (χ1v) is 9.81. The van der Waals surface area contributed by atoms with Crippen LogP contribution in [-0.4, -0.2) is 39.8 Å². The number of carbonyl (C=O) groups excluding carboxylic acids is 1. The number of fused-ring (bicyclic) bond motifs is 1. The van der Waals surface area contributed by atoms with E-state index in [-0.39, 0.29) is 11.9 Å². The average molecular weight is 390 g/mol. The minimum atomic E-state index is -0.121. The number of benzene rings is 1. The number of halogens is 1. The molecule has 1 aliphatic rings. The zero-order valence-electron chi connectivity index (χ0n) is 14.7. The van der Waals surface area contributed by atoms with Crippen molar-refractivity contribution in [2.45, 2.75) is 25.8 Å². The van der Waals surface area contributed by atoms with Gasteiger partial charge >= 0.3 is 0 Å². The third-order valence-corrected chi connectivity index (χ3v) is 5.89. The standard InChI is InChI=1S/C18H20ClN5OS/c1-11-8-12(19)9-15-16(11)21-18(26-15)24-6-3-4-13(10-24)20-17(25)14-5-7-23(2)22-14/h5,7-9,13H,3-4,6,10H2,1-2H3,(H,20,25). The van der Waals surface area contributed by atoms with Crippen LogP contribution in [-0.2, 0) is 7.05 Å². The number of thiazole rings is 1. The third-order valence-electron chi connectivity index (χ3n) is 4.61. The molecule has 4 rings (SSSR count). The maximum Gasteiger partial charge on any atom is 0.272 e. The molecule has 3 aromatic rings. The highest BCUT2D eigenvalue weighted by Crippen LogP contribution is 2.34. The summed E-state index contributed by atoms with van der Waals surface area (Å²) in [6.07, 6.45) is 3.75. The summed E-state index contributed by atoms with van der Waals surface area (Å²) >= 11 is 7.82. The van der Waals surface area contributed by atoms with Crippen LogP contribution in [0.25, 0.3) is 10.2 Å². The number of aromatic nitrogens is 3. The largest absolute Gasteiger partial charge is 0.346 e. The van der Waals surface area contributed by atoms with Crippen molar-refractivity contribution in [1.29, 1.82) is 0 Å². The number of piperidine rings is 1. The van der Waals surface area contributed by atoms with E-state index in [1.54, 1.807) is 35.3 Å². The predicted molar refractivity (Wildman–Crippen MR) is 105 cm³/mol. The van der Waals surface area contributed by atoms with Crippen molar-refractivity contribution in [1.82, 2.24) is 20.1 Å². The molecular weight excluding hydrogens is 370 g/mol. The maximum atomic E-state index is 12.4. The average Bonchev–Trinajstić information content (AvgIpc) is 3.21. The summed E-state index contributed by atoms with van der Waals surface area (Å²) in [6.45, 7) is 3.73. The van der Waals surface area contributed by atoms with Crippen LogP contribution in [0, 0.1) is 6.92 Å². The van der Waals surface area contributed by atoms with Crippen molar-refractivity contribution in [3.63, 3.8) is 0 Å². The molecule has 0 spiro atoms. The van der Waals surface area contributed by atoms with E-state index < -0.39 is 0 Å². The number of hydrogen-bond acceptors (Lipinski definition) is 5. The number of carbonyl (C=O) groups is 1. The number of aryl methyl sites for hydroxylation is 2. The third kappa shape index (κ3) is 3.41. The lowest BCUT2D eigenvalue weighted by Gasteiger charge is -2.32. The lowest BCUT2D eigenvalue weighted by molar-refractivity contribution is 0.0927. The second-order valence-electron chi connectivity index (χ2n) is 6.70. The number of anilines is 1. The van der Waals surface area contributed by atoms with E-state index in [2.05, 4.69) is 15.3 Å². The molecule has 0 saturated carbocycles. The lowest BCUT2D eigenvalue weighted by atomic mass is 10.1. The molecule has 8 heteroatoms. The van der Waals surface area contributed by atoms with Gasteiger partial charge in [-0.1, -0.05) is 22.9 Å². The summed E-state index contributed by atoms with van der Waals surface area (Å²) in [7, 11) is 1.81. The quantitative estimate of drug-likeness (QED) is 0.745. The van der Waals surface area contributed by atoms with Gasteiger partial charge in [0.2, 0.25) is 0 Å². The van der Waals surface area contributed by atoms with Crippen LogP contribution < -0.4 is 10.2 Å². The van der Waals surface area contributed by atoms with Crippen LogP contribution in [0.15, 0.2) is 24.4 Å². The Kier molecular flexibility index (Phi) is 4.58. The highest BCUT2D eigenvalue weighted by Gasteiger charge is 2.25. The zero-order chi connectivity index (χ0) is 18.3. The molecule has 1 aliphatic heterocycles. The van der Waals surface area contributed by atoms with Crippen molar-refractivity contribution >= 4 is 44.2 Å². The Morgan fingerprint density at radius 1 is 1.42 bits per heavy atom. The molecule has 1 atom stereocenters. The Morgan fingerprint density at radius 3 is 3.04 bits per heavy atom. The molecule has 1 amide bonds. The molecule has 3 heterocycles. The van der Waals surface area contributed by atoms with Gasteiger partial charge in [-0.05, 0) is 43.5 Å². The Labute approximate surface area is 160 Å². The first kappa shape index (κ1) is 17.3. The van der Waals surface area contributed by atoms with Gasteiger partial charge in [-0.25, -0.2) is 4.98 Å². The Hall–Kier alpha value is -2.12. The van der Waals surface area contributed by atoms with Gasteiger partial charge in [0, 0.05) is 37.4 Å². The lowest BCUT2D eigenvalue weighted by Crippen LogP contribution is -2.47. The Morgan fingerprint density at radius 2 is 2.27 bits per heavy atom. The number of nitrogens with zero attached hydrogens (tertiary/aromatic N) is 4. The van der Waals surface area contributed by atoms with Crippen molar-refractivity contribution in [2.24, 2.45) is 7.05 Å². The first-order valence-electron chi connectivity index (χ1n) is 8.62. The molecule has 2 aromatic heterocycles. The van der Waals surface area contributed by atoms with Crippen LogP contribution in [0.1, 0.15) is 28.9 Å². The molecule has 0 aliphatic carbocycles. The topological polar surface area (TPSA) is 63.1 Å². The number of amides is 1. The van der Waals surface area contributed by atoms with Gasteiger partial charge in [0.05, 0.1) is 10.2 Å². The van der Waals surface area contributed by atoms with Gasteiger partial charge < -0.3 is 10.2 Å². The molecule has 0 bridgehead atoms. The second kappa shape index (κ2) is 6.89. The summed E-state index contributed by atoms with van der Waals surface area (Å²) in [6, 6.07) is 5.74. The van der Waals surface area contributed by atoms with Crippen molar-refractivity contribution in [3.05, 3.63) is 40.7 Å². The summed E-state index contributed by atoms with van der Waals surface area (Å²) in [5, 5.41) is 9.00. The minimum Gasteiger partial charge on any atom is -0.346 e. The van der Waals surface area contributed by atoms with Crippen LogP contribution in [0.3, 0.4) is 0 Å². The zero-order valence-corrected chi connectivity index (χ0v) is 16.3. The SMILES string of the molecule is Cc1cc(Cl)cc2sc(N3CCCC(NC(=O)c4ccn(C)n4)C3)nc12. The van der Waals surface area contributed by atoms with Gasteiger partial charge in [0.25, 0.3) is 5.91 Å². The summed E-state index contributed by atoms with van der Waals surface area (Å²) in [5.41, 5.74) is 2.55. The highest BCUT2D eigenvalue weighted by molar-refractivity contribution is 7.22. The van der Waals surface area contributed by atoms with E-state index in [9.17, 15) is 4.79 Å². The molecule has 136 valence electrons. The Balaban J connectivity index is 1.50. The predicted octanol–water partition coefficient (Wildman–Crippen LogP) is 3.39. The van der Waals surface area contributed by atoms with Crippen LogP contribution >= 0.6 is 22.9 Å². The van der Waals surface area contributed by atoms with Crippen LogP contribution in [0.2, 0.25) is 5.02 Å². The van der Waals surface area contributed by atoms with Crippen molar-refractivity contribution < 1.29 is 4.79 Å². The van der Waals surface area contributed by atoms with Gasteiger partial charge in [-0.3, -0.25) is 9.48 Å². The fraction of sp³-hybridized carbons (Fsp3) is 0.389. The van der Waals surface area contributed by atoms with Gasteiger partial charge in [0.1, 0.15) is 5.69 Å². The van der Waals surface area contributed by atoms with E-state index in [1.165, 1.54) is 0 Å². The molecule has 1 saturated heterocycles. The van der Waals surface area contributed by atoms with E-state index in [0.29, 0.717) is 5.69 Å². The molecule has 1 aromatic carbocycles. The maximum absolute atomic E-state index is 12.4. The number of nitrogens with one attached hydrogen (secondary N) is 1. The normalized spacial score (nSPS) is 17.7. The molecule has 0 radical (unpaired) electrons. The number of rotatable bonds is 3. The van der Waals surface area contributed by atoms with Gasteiger partial charge in [-0.2, -0.15) is 5.10 Å². The fourth-order valence-corrected chi connectivity index (χ4v) is 4.80. The van der Waals surface area contributed by atoms with Crippen molar-refractivity contribution in [2.75, 3.05) is 18.0 Å². The van der Waals surface area contributed by atoms with E-state index in [1.807, 2.05) is 19.1 Å². The van der Waals surface area contributed by atoms with Gasteiger partial charge in [0.15, 0.2) is 5.13 Å². The summed E-state index contributed by atoms with van der Waals surface area (Å²) < 4.78 is 2.74.